The molecule has 0 saturated heterocycles. The Morgan fingerprint density at radius 2 is 2.12 bits per heavy atom. The van der Waals surface area contributed by atoms with Crippen molar-refractivity contribution in [1.29, 1.82) is 0 Å². The first-order chi connectivity index (χ1) is 8.07. The van der Waals surface area contributed by atoms with Gasteiger partial charge in [0.05, 0.1) is 12.1 Å². The molecular weight excluding hydrogens is 212 g/mol. The highest BCUT2D eigenvalue weighted by Gasteiger charge is 2.29. The van der Waals surface area contributed by atoms with Crippen LogP contribution < -0.4 is 10.6 Å². The highest BCUT2D eigenvalue weighted by molar-refractivity contribution is 5.51. The molecule has 0 aromatic heterocycles. The van der Waals surface area contributed by atoms with Crippen LogP contribution in [0.4, 0.5) is 5.69 Å². The predicted octanol–water partition coefficient (Wildman–Crippen LogP) is 2.19. The second kappa shape index (κ2) is 6.03. The minimum absolute atomic E-state index is 0.155. The summed E-state index contributed by atoms with van der Waals surface area (Å²) in [5, 5.41) is 0. The van der Waals surface area contributed by atoms with E-state index in [-0.39, 0.29) is 5.54 Å². The SMILES string of the molecule is CCN(c1cccc(C)c1)C(C)(CN)COC. The average molecular weight is 236 g/mol. The molecule has 0 bridgehead atoms. The monoisotopic (exact) mass is 236 g/mol. The quantitative estimate of drug-likeness (QED) is 0.823. The van der Waals surface area contributed by atoms with Crippen molar-refractivity contribution in [2.24, 2.45) is 5.73 Å². The van der Waals surface area contributed by atoms with Gasteiger partial charge in [0.1, 0.15) is 0 Å². The Kier molecular flexibility index (Phi) is 4.97. The molecule has 2 N–H and O–H groups in total. The van der Waals surface area contributed by atoms with Gasteiger partial charge in [-0.3, -0.25) is 0 Å². The van der Waals surface area contributed by atoms with Crippen LogP contribution in [0.15, 0.2) is 24.3 Å². The fourth-order valence-electron chi connectivity index (χ4n) is 2.23. The van der Waals surface area contributed by atoms with Crippen molar-refractivity contribution in [3.8, 4) is 0 Å². The first-order valence-corrected chi connectivity index (χ1v) is 6.10. The molecule has 1 atom stereocenters. The molecule has 0 aliphatic carbocycles. The van der Waals surface area contributed by atoms with Crippen LogP contribution in [0.2, 0.25) is 0 Å². The molecule has 0 spiro atoms. The van der Waals surface area contributed by atoms with Gasteiger partial charge in [-0.2, -0.15) is 0 Å². The summed E-state index contributed by atoms with van der Waals surface area (Å²) in [5.41, 5.74) is 8.24. The molecule has 17 heavy (non-hydrogen) atoms. The molecule has 1 unspecified atom stereocenters. The number of benzene rings is 1. The Bertz CT molecular complexity index is 354. The number of hydrogen-bond donors (Lipinski definition) is 1. The zero-order valence-electron chi connectivity index (χ0n) is 11.4. The van der Waals surface area contributed by atoms with E-state index in [1.54, 1.807) is 7.11 Å². The Morgan fingerprint density at radius 1 is 1.41 bits per heavy atom. The van der Waals surface area contributed by atoms with Gasteiger partial charge in [-0.05, 0) is 38.5 Å². The van der Waals surface area contributed by atoms with Crippen LogP contribution in [0.25, 0.3) is 0 Å². The van der Waals surface area contributed by atoms with Gasteiger partial charge >= 0.3 is 0 Å². The molecule has 0 aliphatic rings. The highest BCUT2D eigenvalue weighted by Crippen LogP contribution is 2.24. The Labute approximate surface area is 105 Å². The third-order valence-electron chi connectivity index (χ3n) is 3.18. The van der Waals surface area contributed by atoms with E-state index in [4.69, 9.17) is 10.5 Å². The lowest BCUT2D eigenvalue weighted by molar-refractivity contribution is 0.139. The minimum atomic E-state index is -0.155. The topological polar surface area (TPSA) is 38.5 Å². The zero-order chi connectivity index (χ0) is 12.9. The van der Waals surface area contributed by atoms with Crippen molar-refractivity contribution in [2.45, 2.75) is 26.3 Å². The van der Waals surface area contributed by atoms with E-state index in [1.807, 2.05) is 0 Å². The molecule has 0 heterocycles. The zero-order valence-corrected chi connectivity index (χ0v) is 11.4. The Hall–Kier alpha value is -1.06. The summed E-state index contributed by atoms with van der Waals surface area (Å²) in [6.07, 6.45) is 0. The third kappa shape index (κ3) is 3.20. The number of hydrogen-bond acceptors (Lipinski definition) is 3. The molecule has 0 saturated carbocycles. The van der Waals surface area contributed by atoms with Gasteiger partial charge in [-0.1, -0.05) is 12.1 Å². The summed E-state index contributed by atoms with van der Waals surface area (Å²) in [4.78, 5) is 2.31. The van der Waals surface area contributed by atoms with Crippen LogP contribution in [0.1, 0.15) is 19.4 Å². The summed E-state index contributed by atoms with van der Waals surface area (Å²) in [6, 6.07) is 8.50. The molecule has 0 radical (unpaired) electrons. The number of ether oxygens (including phenoxy) is 1. The largest absolute Gasteiger partial charge is 0.382 e. The molecule has 0 fully saturated rings. The number of nitrogens with two attached hydrogens (primary N) is 1. The van der Waals surface area contributed by atoms with Crippen molar-refractivity contribution in [1.82, 2.24) is 0 Å². The molecule has 1 aromatic rings. The van der Waals surface area contributed by atoms with Crippen LogP contribution in [0.5, 0.6) is 0 Å². The lowest BCUT2D eigenvalue weighted by Crippen LogP contribution is -2.55. The van der Waals surface area contributed by atoms with Gasteiger partial charge in [0, 0.05) is 25.9 Å². The maximum absolute atomic E-state index is 5.92. The summed E-state index contributed by atoms with van der Waals surface area (Å²) in [7, 11) is 1.72. The van der Waals surface area contributed by atoms with E-state index in [2.05, 4.69) is 49.9 Å². The normalized spacial score (nSPS) is 14.4. The fourth-order valence-corrected chi connectivity index (χ4v) is 2.23. The lowest BCUT2D eigenvalue weighted by Gasteiger charge is -2.41. The predicted molar refractivity (Wildman–Crippen MR) is 73.5 cm³/mol. The maximum Gasteiger partial charge on any atom is 0.0728 e. The van der Waals surface area contributed by atoms with Gasteiger partial charge in [0.15, 0.2) is 0 Å². The molecular formula is C14H24N2O. The van der Waals surface area contributed by atoms with Gasteiger partial charge in [0.25, 0.3) is 0 Å². The third-order valence-corrected chi connectivity index (χ3v) is 3.18. The van der Waals surface area contributed by atoms with E-state index in [1.165, 1.54) is 11.3 Å². The lowest BCUT2D eigenvalue weighted by atomic mass is 9.99. The standard InChI is InChI=1S/C14H24N2O/c1-5-16(14(3,10-15)11-17-4)13-8-6-7-12(2)9-13/h6-9H,5,10-11,15H2,1-4H3. The highest BCUT2D eigenvalue weighted by atomic mass is 16.5. The Balaban J connectivity index is 3.04. The van der Waals surface area contributed by atoms with Gasteiger partial charge in [0.2, 0.25) is 0 Å². The van der Waals surface area contributed by atoms with E-state index in [0.717, 1.165) is 6.54 Å². The van der Waals surface area contributed by atoms with Crippen molar-refractivity contribution in [3.05, 3.63) is 29.8 Å². The van der Waals surface area contributed by atoms with Crippen LogP contribution in [-0.4, -0.2) is 32.3 Å². The summed E-state index contributed by atoms with van der Waals surface area (Å²) in [6.45, 7) is 8.51. The molecule has 96 valence electrons. The summed E-state index contributed by atoms with van der Waals surface area (Å²) >= 11 is 0. The average Bonchev–Trinajstić information content (AvgIpc) is 2.30. The van der Waals surface area contributed by atoms with Crippen LogP contribution in [-0.2, 0) is 4.74 Å². The Morgan fingerprint density at radius 3 is 2.59 bits per heavy atom. The number of nitrogens with zero attached hydrogens (tertiary/aromatic N) is 1. The maximum atomic E-state index is 5.92. The van der Waals surface area contributed by atoms with E-state index < -0.39 is 0 Å². The van der Waals surface area contributed by atoms with Crippen LogP contribution >= 0.6 is 0 Å². The number of aryl methyl sites for hydroxylation is 1. The number of methoxy groups -OCH3 is 1. The molecule has 3 nitrogen and oxygen atoms in total. The second-order valence-corrected chi connectivity index (χ2v) is 4.72. The van der Waals surface area contributed by atoms with Gasteiger partial charge < -0.3 is 15.4 Å². The first-order valence-electron chi connectivity index (χ1n) is 6.10. The molecule has 1 rings (SSSR count). The van der Waals surface area contributed by atoms with Crippen molar-refractivity contribution in [3.63, 3.8) is 0 Å². The number of anilines is 1. The first kappa shape index (κ1) is 14.0. The molecule has 1 aromatic carbocycles. The molecule has 0 aliphatic heterocycles. The van der Waals surface area contributed by atoms with Crippen molar-refractivity contribution >= 4 is 5.69 Å². The van der Waals surface area contributed by atoms with Crippen molar-refractivity contribution in [2.75, 3.05) is 31.7 Å². The van der Waals surface area contributed by atoms with Crippen LogP contribution in [0.3, 0.4) is 0 Å². The molecule has 0 amide bonds. The van der Waals surface area contributed by atoms with Gasteiger partial charge in [-0.15, -0.1) is 0 Å². The number of likely N-dealkylation sites (N-methyl/N-ethyl adjacent to an activating group) is 1. The minimum Gasteiger partial charge on any atom is -0.382 e. The summed E-state index contributed by atoms with van der Waals surface area (Å²) < 4.78 is 5.31. The van der Waals surface area contributed by atoms with Crippen LogP contribution in [0, 0.1) is 6.92 Å². The van der Waals surface area contributed by atoms with Crippen molar-refractivity contribution < 1.29 is 4.74 Å². The fraction of sp³-hybridized carbons (Fsp3) is 0.571. The van der Waals surface area contributed by atoms with Gasteiger partial charge in [-0.25, -0.2) is 0 Å². The molecule has 3 heteroatoms. The van der Waals surface area contributed by atoms with E-state index in [9.17, 15) is 0 Å². The second-order valence-electron chi connectivity index (χ2n) is 4.72. The smallest absolute Gasteiger partial charge is 0.0728 e. The summed E-state index contributed by atoms with van der Waals surface area (Å²) in [5.74, 6) is 0. The van der Waals surface area contributed by atoms with E-state index in [0.29, 0.717) is 13.2 Å². The number of rotatable bonds is 6. The van der Waals surface area contributed by atoms with E-state index >= 15 is 0 Å².